The van der Waals surface area contributed by atoms with Crippen molar-refractivity contribution in [2.75, 3.05) is 0 Å². The maximum atomic E-state index is 11.4. The van der Waals surface area contributed by atoms with E-state index in [-0.39, 0.29) is 5.56 Å². The summed E-state index contributed by atoms with van der Waals surface area (Å²) in [4.78, 5) is 19.1. The van der Waals surface area contributed by atoms with Crippen LogP contribution in [0.5, 0.6) is 0 Å². The summed E-state index contributed by atoms with van der Waals surface area (Å²) in [5, 5.41) is 10.6. The average molecular weight is 242 g/mol. The maximum absolute atomic E-state index is 11.4. The molecule has 0 aromatic heterocycles. The third kappa shape index (κ3) is 2.13. The van der Waals surface area contributed by atoms with E-state index in [4.69, 9.17) is 0 Å². The van der Waals surface area contributed by atoms with Gasteiger partial charge in [0.15, 0.2) is 4.90 Å². The molecule has 1 aromatic rings. The van der Waals surface area contributed by atoms with Crippen LogP contribution in [-0.2, 0) is 14.8 Å². The largest absolute Gasteiger partial charge is 0.299 e. The third-order valence-corrected chi connectivity index (χ3v) is 3.17. The van der Waals surface area contributed by atoms with Crippen molar-refractivity contribution >= 4 is 21.8 Å². The van der Waals surface area contributed by atoms with Gasteiger partial charge < -0.3 is 0 Å². The lowest BCUT2D eigenvalue weighted by Gasteiger charge is -2.02. The van der Waals surface area contributed by atoms with Crippen LogP contribution in [0.2, 0.25) is 0 Å². The smallest absolute Gasteiger partial charge is 0.258 e. The van der Waals surface area contributed by atoms with E-state index in [1.165, 1.54) is 19.1 Å². The molecule has 84 valence electrons. The lowest BCUT2D eigenvalue weighted by molar-refractivity contribution is -0.387. The molecule has 7 nitrogen and oxygen atoms in total. The van der Waals surface area contributed by atoms with Gasteiger partial charge in [0.25, 0.3) is 21.8 Å². The Labute approximate surface area is 90.6 Å². The molecule has 0 heterocycles. The van der Waals surface area contributed by atoms with Crippen LogP contribution < -0.4 is 0 Å². The molecule has 1 aromatic carbocycles. The summed E-state index contributed by atoms with van der Waals surface area (Å²) in [7, 11) is -4.36. The fourth-order valence-corrected chi connectivity index (χ4v) is 2.28. The van der Waals surface area contributed by atoms with Crippen LogP contribution >= 0.6 is 0 Å². The molecule has 0 spiro atoms. The van der Waals surface area contributed by atoms with Crippen LogP contribution in [0, 0.1) is 17.0 Å². The van der Waals surface area contributed by atoms with Crippen molar-refractivity contribution in [1.29, 1.82) is 0 Å². The van der Waals surface area contributed by atoms with Crippen molar-refractivity contribution in [3.05, 3.63) is 33.9 Å². The van der Waals surface area contributed by atoms with E-state index in [9.17, 15) is 23.3 Å². The molecule has 0 saturated heterocycles. The van der Waals surface area contributed by atoms with Crippen LogP contribution in [0.4, 0.5) is 5.69 Å². The predicted octanol–water partition coefficient (Wildman–Crippen LogP) is 0.928. The fraction of sp³-hybridized carbons (Fsp3) is 0.125. The minimum absolute atomic E-state index is 0.146. The highest BCUT2D eigenvalue weighted by Crippen LogP contribution is 2.27. The monoisotopic (exact) mass is 242 g/mol. The second kappa shape index (κ2) is 4.21. The molecule has 0 aliphatic rings. The number of nitro groups is 1. The third-order valence-electron chi connectivity index (χ3n) is 1.80. The Morgan fingerprint density at radius 3 is 2.56 bits per heavy atom. The summed E-state index contributed by atoms with van der Waals surface area (Å²) in [6.07, 6.45) is 0.864. The van der Waals surface area contributed by atoms with E-state index in [0.717, 1.165) is 12.1 Å². The second-order valence-corrected chi connectivity index (χ2v) is 4.38. The van der Waals surface area contributed by atoms with E-state index in [1.54, 1.807) is 0 Å². The van der Waals surface area contributed by atoms with Gasteiger partial charge in [-0.3, -0.25) is 10.1 Å². The normalized spacial score (nSPS) is 10.6. The Hall–Kier alpha value is -2.05. The van der Waals surface area contributed by atoms with Crippen molar-refractivity contribution in [3.8, 4) is 0 Å². The highest BCUT2D eigenvalue weighted by atomic mass is 32.2. The van der Waals surface area contributed by atoms with Crippen molar-refractivity contribution < 1.29 is 18.1 Å². The molecule has 0 atom stereocenters. The fourth-order valence-electron chi connectivity index (χ4n) is 1.21. The van der Waals surface area contributed by atoms with Crippen molar-refractivity contribution in [1.82, 2.24) is 0 Å². The van der Waals surface area contributed by atoms with E-state index in [1.807, 2.05) is 0 Å². The van der Waals surface area contributed by atoms with Crippen LogP contribution in [0.1, 0.15) is 5.56 Å². The molecule has 0 unspecified atom stereocenters. The molecule has 0 saturated carbocycles. The van der Waals surface area contributed by atoms with Gasteiger partial charge in [-0.05, 0) is 12.5 Å². The molecular formula is C8H6N2O5S. The van der Waals surface area contributed by atoms with Crippen LogP contribution in [0.15, 0.2) is 27.5 Å². The van der Waals surface area contributed by atoms with Crippen LogP contribution in [0.3, 0.4) is 0 Å². The summed E-state index contributed by atoms with van der Waals surface area (Å²) < 4.78 is 25.5. The minimum atomic E-state index is -4.36. The van der Waals surface area contributed by atoms with Gasteiger partial charge in [-0.1, -0.05) is 16.5 Å². The number of isocyanates is 1. The Kier molecular flexibility index (Phi) is 3.17. The zero-order valence-electron chi connectivity index (χ0n) is 8.08. The highest BCUT2D eigenvalue weighted by Gasteiger charge is 2.27. The molecule has 0 aliphatic carbocycles. The first-order valence-corrected chi connectivity index (χ1v) is 5.42. The zero-order chi connectivity index (χ0) is 12.3. The number of carbonyl (C=O) groups excluding carboxylic acids is 1. The number of benzene rings is 1. The summed E-state index contributed by atoms with van der Waals surface area (Å²) in [6, 6.07) is 3.75. The van der Waals surface area contributed by atoms with Gasteiger partial charge in [0, 0.05) is 6.07 Å². The summed E-state index contributed by atoms with van der Waals surface area (Å²) >= 11 is 0. The van der Waals surface area contributed by atoms with Gasteiger partial charge in [-0.15, -0.1) is 0 Å². The Morgan fingerprint density at radius 1 is 1.44 bits per heavy atom. The summed E-state index contributed by atoms with van der Waals surface area (Å²) in [6.45, 7) is 1.38. The molecule has 0 radical (unpaired) electrons. The van der Waals surface area contributed by atoms with Crippen molar-refractivity contribution in [3.63, 3.8) is 0 Å². The standard InChI is InChI=1S/C8H6N2O5S/c1-6-3-2-4-7(10(12)13)8(6)16(14,15)9-5-11/h2-4H,1H3. The van der Waals surface area contributed by atoms with Gasteiger partial charge in [-0.25, -0.2) is 4.79 Å². The molecule has 0 aliphatic heterocycles. The number of sulfonamides is 1. The summed E-state index contributed by atoms with van der Waals surface area (Å²) in [5.74, 6) is 0. The molecule has 0 bridgehead atoms. The van der Waals surface area contributed by atoms with Crippen LogP contribution in [0.25, 0.3) is 0 Å². The Morgan fingerprint density at radius 2 is 2.06 bits per heavy atom. The Bertz CT molecular complexity index is 586. The average Bonchev–Trinajstić information content (AvgIpc) is 2.16. The molecule has 1 rings (SSSR count). The molecule has 8 heteroatoms. The molecule has 0 N–H and O–H groups in total. The van der Waals surface area contributed by atoms with E-state index < -0.39 is 25.5 Å². The first-order chi connectivity index (χ1) is 7.40. The maximum Gasteiger partial charge on any atom is 0.299 e. The molecule has 16 heavy (non-hydrogen) atoms. The topological polar surface area (TPSA) is 107 Å². The number of nitrogens with zero attached hydrogens (tertiary/aromatic N) is 2. The van der Waals surface area contributed by atoms with Gasteiger partial charge >= 0.3 is 0 Å². The van der Waals surface area contributed by atoms with E-state index in [2.05, 4.69) is 4.40 Å². The zero-order valence-corrected chi connectivity index (χ0v) is 8.89. The number of hydrogen-bond acceptors (Lipinski definition) is 5. The second-order valence-electron chi connectivity index (χ2n) is 2.84. The predicted molar refractivity (Wildman–Crippen MR) is 53.1 cm³/mol. The SMILES string of the molecule is Cc1cccc([N+](=O)[O-])c1S(=O)(=O)N=C=O. The quantitative estimate of drug-likeness (QED) is 0.339. The molecular weight excluding hydrogens is 236 g/mol. The van der Waals surface area contributed by atoms with E-state index >= 15 is 0 Å². The lowest BCUT2D eigenvalue weighted by atomic mass is 10.2. The van der Waals surface area contributed by atoms with Crippen LogP contribution in [-0.4, -0.2) is 19.4 Å². The minimum Gasteiger partial charge on any atom is -0.258 e. The van der Waals surface area contributed by atoms with Crippen molar-refractivity contribution in [2.45, 2.75) is 11.8 Å². The van der Waals surface area contributed by atoms with E-state index in [0.29, 0.717) is 0 Å². The lowest BCUT2D eigenvalue weighted by Crippen LogP contribution is -2.04. The van der Waals surface area contributed by atoms with Gasteiger partial charge in [0.05, 0.1) is 4.92 Å². The van der Waals surface area contributed by atoms with Crippen molar-refractivity contribution in [2.24, 2.45) is 4.40 Å². The number of aryl methyl sites for hydroxylation is 1. The number of rotatable bonds is 3. The number of hydrogen-bond donors (Lipinski definition) is 0. The summed E-state index contributed by atoms with van der Waals surface area (Å²) in [5.41, 5.74) is -0.466. The first-order valence-electron chi connectivity index (χ1n) is 3.98. The van der Waals surface area contributed by atoms with Gasteiger partial charge in [0.1, 0.15) is 0 Å². The van der Waals surface area contributed by atoms with Gasteiger partial charge in [0.2, 0.25) is 0 Å². The molecule has 0 amide bonds. The number of nitro benzene ring substituents is 1. The van der Waals surface area contributed by atoms with Gasteiger partial charge in [-0.2, -0.15) is 8.42 Å². The molecule has 0 fully saturated rings. The first kappa shape index (κ1) is 12.0. The highest BCUT2D eigenvalue weighted by molar-refractivity contribution is 7.90. The Balaban J connectivity index is 3.67.